The van der Waals surface area contributed by atoms with Gasteiger partial charge in [0, 0.05) is 30.2 Å². The molecule has 0 spiro atoms. The zero-order valence-electron chi connectivity index (χ0n) is 16.5. The van der Waals surface area contributed by atoms with Gasteiger partial charge in [-0.2, -0.15) is 0 Å². The maximum absolute atomic E-state index is 12.6. The van der Waals surface area contributed by atoms with Gasteiger partial charge in [-0.05, 0) is 55.5 Å². The Balaban J connectivity index is 1.54. The summed E-state index contributed by atoms with van der Waals surface area (Å²) in [6.45, 7) is 5.18. The van der Waals surface area contributed by atoms with E-state index in [1.165, 1.54) is 16.0 Å². The van der Waals surface area contributed by atoms with Crippen molar-refractivity contribution in [2.45, 2.75) is 43.4 Å². The predicted octanol–water partition coefficient (Wildman–Crippen LogP) is 4.43. The number of piperidine rings is 1. The summed E-state index contributed by atoms with van der Waals surface area (Å²) in [4.78, 5) is 27.6. The molecule has 1 heterocycles. The van der Waals surface area contributed by atoms with Gasteiger partial charge in [-0.25, -0.2) is 0 Å². The molecule has 0 saturated carbocycles. The van der Waals surface area contributed by atoms with Crippen LogP contribution in [0, 0.1) is 13.8 Å². The smallest absolute Gasteiger partial charge is 0.314 e. The second-order valence-corrected chi connectivity index (χ2v) is 8.65. The minimum atomic E-state index is -0.883. The summed E-state index contributed by atoms with van der Waals surface area (Å²) < 4.78 is 0. The molecule has 0 aliphatic carbocycles. The van der Waals surface area contributed by atoms with Crippen LogP contribution in [0.1, 0.15) is 36.0 Å². The topological polar surface area (TPSA) is 57.6 Å². The lowest BCUT2D eigenvalue weighted by atomic mass is 9.73. The van der Waals surface area contributed by atoms with Crippen molar-refractivity contribution in [2.75, 3.05) is 18.8 Å². The number of benzene rings is 2. The van der Waals surface area contributed by atoms with Crippen LogP contribution in [0.15, 0.2) is 53.4 Å². The van der Waals surface area contributed by atoms with E-state index in [0.29, 0.717) is 32.4 Å². The van der Waals surface area contributed by atoms with Gasteiger partial charge in [0.15, 0.2) is 0 Å². The van der Waals surface area contributed by atoms with Gasteiger partial charge in [0.2, 0.25) is 5.91 Å². The van der Waals surface area contributed by atoms with Crippen LogP contribution < -0.4 is 0 Å². The van der Waals surface area contributed by atoms with Gasteiger partial charge in [-0.1, -0.05) is 36.4 Å². The second-order valence-electron chi connectivity index (χ2n) is 7.48. The van der Waals surface area contributed by atoms with Gasteiger partial charge in [0.05, 0.1) is 5.41 Å². The average Bonchev–Trinajstić information content (AvgIpc) is 2.71. The predicted molar refractivity (Wildman–Crippen MR) is 113 cm³/mol. The van der Waals surface area contributed by atoms with Crippen molar-refractivity contribution < 1.29 is 14.7 Å². The van der Waals surface area contributed by atoms with E-state index in [0.717, 1.165) is 11.3 Å². The van der Waals surface area contributed by atoms with Crippen LogP contribution in [0.2, 0.25) is 0 Å². The van der Waals surface area contributed by atoms with E-state index in [1.807, 2.05) is 35.2 Å². The summed E-state index contributed by atoms with van der Waals surface area (Å²) in [5, 5.41) is 9.87. The number of carboxylic acid groups (broad SMARTS) is 1. The van der Waals surface area contributed by atoms with Crippen molar-refractivity contribution in [1.29, 1.82) is 0 Å². The number of nitrogens with zero attached hydrogens (tertiary/aromatic N) is 1. The van der Waals surface area contributed by atoms with Crippen LogP contribution in [0.4, 0.5) is 0 Å². The molecule has 0 aromatic heterocycles. The van der Waals surface area contributed by atoms with Crippen LogP contribution in [-0.2, 0) is 15.0 Å². The monoisotopic (exact) mass is 397 g/mol. The molecule has 1 saturated heterocycles. The van der Waals surface area contributed by atoms with Crippen molar-refractivity contribution in [2.24, 2.45) is 0 Å². The number of amides is 1. The van der Waals surface area contributed by atoms with E-state index in [1.54, 1.807) is 11.8 Å². The standard InChI is InChI=1S/C23H27NO3S/c1-17-8-9-20(16-18(17)2)28-15-10-21(25)24-13-11-23(12-14-24,22(26)27)19-6-4-3-5-7-19/h3-9,16H,10-15H2,1-2H3,(H,26,27). The molecular weight excluding hydrogens is 370 g/mol. The second kappa shape index (κ2) is 8.82. The fourth-order valence-corrected chi connectivity index (χ4v) is 4.68. The third-order valence-corrected chi connectivity index (χ3v) is 6.76. The number of thioether (sulfide) groups is 1. The van der Waals surface area contributed by atoms with Crippen molar-refractivity contribution in [3.05, 3.63) is 65.2 Å². The Bertz CT molecular complexity index is 842. The molecule has 28 heavy (non-hydrogen) atoms. The van der Waals surface area contributed by atoms with Crippen LogP contribution in [0.25, 0.3) is 0 Å². The fraction of sp³-hybridized carbons (Fsp3) is 0.391. The zero-order valence-corrected chi connectivity index (χ0v) is 17.3. The number of aryl methyl sites for hydroxylation is 2. The van der Waals surface area contributed by atoms with Crippen LogP contribution in [0.5, 0.6) is 0 Å². The molecule has 2 aromatic carbocycles. The molecule has 4 nitrogen and oxygen atoms in total. The molecule has 0 bridgehead atoms. The number of carbonyl (C=O) groups excluding carboxylic acids is 1. The molecule has 1 amide bonds. The number of rotatable bonds is 6. The van der Waals surface area contributed by atoms with Crippen LogP contribution in [0.3, 0.4) is 0 Å². The Morgan fingerprint density at radius 1 is 1.04 bits per heavy atom. The van der Waals surface area contributed by atoms with E-state index in [9.17, 15) is 14.7 Å². The molecule has 0 radical (unpaired) electrons. The number of carboxylic acids is 1. The fourth-order valence-electron chi connectivity index (χ4n) is 3.74. The van der Waals surface area contributed by atoms with Crippen molar-refractivity contribution in [3.63, 3.8) is 0 Å². The van der Waals surface area contributed by atoms with E-state index in [-0.39, 0.29) is 5.91 Å². The van der Waals surface area contributed by atoms with Gasteiger partial charge >= 0.3 is 5.97 Å². The first-order chi connectivity index (χ1) is 13.4. The van der Waals surface area contributed by atoms with Gasteiger partial charge in [0.25, 0.3) is 0 Å². The largest absolute Gasteiger partial charge is 0.481 e. The molecule has 0 unspecified atom stereocenters. The Morgan fingerprint density at radius 3 is 2.32 bits per heavy atom. The van der Waals surface area contributed by atoms with Gasteiger partial charge in [-0.15, -0.1) is 11.8 Å². The van der Waals surface area contributed by atoms with E-state index in [4.69, 9.17) is 0 Å². The SMILES string of the molecule is Cc1ccc(SCCC(=O)N2CCC(C(=O)O)(c3ccccc3)CC2)cc1C. The number of carbonyl (C=O) groups is 2. The molecule has 0 atom stereocenters. The number of likely N-dealkylation sites (tertiary alicyclic amines) is 1. The lowest BCUT2D eigenvalue weighted by molar-refractivity contribution is -0.148. The number of hydrogen-bond donors (Lipinski definition) is 1. The lowest BCUT2D eigenvalue weighted by Gasteiger charge is -2.39. The maximum Gasteiger partial charge on any atom is 0.314 e. The Hall–Kier alpha value is -2.27. The third kappa shape index (κ3) is 4.41. The average molecular weight is 398 g/mol. The van der Waals surface area contributed by atoms with E-state index >= 15 is 0 Å². The summed E-state index contributed by atoms with van der Waals surface area (Å²) in [6, 6.07) is 15.8. The molecule has 1 N–H and O–H groups in total. The summed E-state index contributed by atoms with van der Waals surface area (Å²) in [6.07, 6.45) is 1.40. The van der Waals surface area contributed by atoms with Gasteiger partial charge in [0.1, 0.15) is 0 Å². The molecule has 3 rings (SSSR count). The molecule has 1 fully saturated rings. The molecule has 2 aromatic rings. The quantitative estimate of drug-likeness (QED) is 0.733. The van der Waals surface area contributed by atoms with Crippen LogP contribution in [-0.4, -0.2) is 40.7 Å². The van der Waals surface area contributed by atoms with Crippen LogP contribution >= 0.6 is 11.8 Å². The van der Waals surface area contributed by atoms with Gasteiger partial charge in [-0.3, -0.25) is 9.59 Å². The van der Waals surface area contributed by atoms with Crippen molar-refractivity contribution >= 4 is 23.6 Å². The molecule has 1 aliphatic rings. The highest BCUT2D eigenvalue weighted by molar-refractivity contribution is 7.99. The highest BCUT2D eigenvalue weighted by Crippen LogP contribution is 2.36. The third-order valence-electron chi connectivity index (χ3n) is 5.77. The normalized spacial score (nSPS) is 16.0. The first-order valence-electron chi connectivity index (χ1n) is 9.69. The molecular formula is C23H27NO3S. The first-order valence-corrected chi connectivity index (χ1v) is 10.7. The number of hydrogen-bond acceptors (Lipinski definition) is 3. The first kappa shape index (κ1) is 20.5. The summed E-state index contributed by atoms with van der Waals surface area (Å²) in [5.41, 5.74) is 2.49. The highest BCUT2D eigenvalue weighted by atomic mass is 32.2. The Labute approximate surface area is 170 Å². The molecule has 1 aliphatic heterocycles. The molecule has 5 heteroatoms. The summed E-state index contributed by atoms with van der Waals surface area (Å²) in [5.74, 6) is 0.0557. The van der Waals surface area contributed by atoms with E-state index in [2.05, 4.69) is 32.0 Å². The minimum Gasteiger partial charge on any atom is -0.481 e. The maximum atomic E-state index is 12.6. The van der Waals surface area contributed by atoms with Gasteiger partial charge < -0.3 is 10.0 Å². The van der Waals surface area contributed by atoms with Crippen molar-refractivity contribution in [1.82, 2.24) is 4.90 Å². The molecule has 148 valence electrons. The number of aliphatic carboxylic acids is 1. The summed E-state index contributed by atoms with van der Waals surface area (Å²) >= 11 is 1.70. The summed E-state index contributed by atoms with van der Waals surface area (Å²) in [7, 11) is 0. The highest BCUT2D eigenvalue weighted by Gasteiger charge is 2.43. The zero-order chi connectivity index (χ0) is 20.1. The Kier molecular flexibility index (Phi) is 6.45. The Morgan fingerprint density at radius 2 is 1.71 bits per heavy atom. The minimum absolute atomic E-state index is 0.114. The lowest BCUT2D eigenvalue weighted by Crippen LogP contribution is -2.49. The van der Waals surface area contributed by atoms with Crippen molar-refractivity contribution in [3.8, 4) is 0 Å². The van der Waals surface area contributed by atoms with E-state index < -0.39 is 11.4 Å².